The first-order chi connectivity index (χ1) is 14.4. The molecule has 0 radical (unpaired) electrons. The number of halogens is 2. The van der Waals surface area contributed by atoms with Crippen molar-refractivity contribution in [2.45, 2.75) is 13.3 Å². The van der Waals surface area contributed by atoms with Gasteiger partial charge in [-0.3, -0.25) is 14.4 Å². The lowest BCUT2D eigenvalue weighted by Gasteiger charge is -2.34. The number of carbonyl (C=O) groups is 3. The lowest BCUT2D eigenvalue weighted by molar-refractivity contribution is -0.134. The van der Waals surface area contributed by atoms with Crippen molar-refractivity contribution in [1.29, 1.82) is 0 Å². The van der Waals surface area contributed by atoms with Crippen molar-refractivity contribution >= 4 is 29.2 Å². The number of ether oxygens (including phenoxy) is 1. The van der Waals surface area contributed by atoms with Gasteiger partial charge in [-0.1, -0.05) is 18.5 Å². The SMILES string of the molecule is CCC(=O)c1ccc(OCC(=O)N2CCN(C(=O)c3cc(Cl)ccc3F)CC2)cc1. The standard InChI is InChI=1S/C22H22ClFN2O4/c1-2-20(27)15-3-6-17(7-4-15)30-14-21(28)25-9-11-26(12-10-25)22(29)18-13-16(23)5-8-19(18)24/h3-8,13H,2,9-12,14H2,1H3. The average Bonchev–Trinajstić information content (AvgIpc) is 2.78. The lowest BCUT2D eigenvalue weighted by atomic mass is 10.1. The van der Waals surface area contributed by atoms with Crippen molar-refractivity contribution in [2.75, 3.05) is 32.8 Å². The number of piperazine rings is 1. The zero-order valence-electron chi connectivity index (χ0n) is 16.6. The van der Waals surface area contributed by atoms with E-state index in [0.29, 0.717) is 43.9 Å². The highest BCUT2D eigenvalue weighted by molar-refractivity contribution is 6.31. The Labute approximate surface area is 179 Å². The Bertz CT molecular complexity index is 941. The first kappa shape index (κ1) is 21.8. The summed E-state index contributed by atoms with van der Waals surface area (Å²) in [6.07, 6.45) is 0.428. The summed E-state index contributed by atoms with van der Waals surface area (Å²) in [6.45, 7) is 2.91. The van der Waals surface area contributed by atoms with Gasteiger partial charge >= 0.3 is 0 Å². The number of hydrogen-bond acceptors (Lipinski definition) is 4. The van der Waals surface area contributed by atoms with Gasteiger partial charge in [0, 0.05) is 43.2 Å². The van der Waals surface area contributed by atoms with Gasteiger partial charge in [0.1, 0.15) is 11.6 Å². The fraction of sp³-hybridized carbons (Fsp3) is 0.318. The van der Waals surface area contributed by atoms with Crippen molar-refractivity contribution in [2.24, 2.45) is 0 Å². The molecule has 6 nitrogen and oxygen atoms in total. The lowest BCUT2D eigenvalue weighted by Crippen LogP contribution is -2.51. The minimum absolute atomic E-state index is 0.0442. The van der Waals surface area contributed by atoms with Crippen LogP contribution in [0, 0.1) is 5.82 Å². The Hall–Kier alpha value is -2.93. The topological polar surface area (TPSA) is 66.9 Å². The van der Waals surface area contributed by atoms with Crippen molar-refractivity contribution in [3.05, 3.63) is 64.4 Å². The van der Waals surface area contributed by atoms with E-state index in [1.165, 1.54) is 17.0 Å². The van der Waals surface area contributed by atoms with Crippen LogP contribution in [0.2, 0.25) is 5.02 Å². The van der Waals surface area contributed by atoms with Gasteiger partial charge in [-0.15, -0.1) is 0 Å². The Kier molecular flexibility index (Phi) is 7.05. The van der Waals surface area contributed by atoms with Gasteiger partial charge in [-0.2, -0.15) is 0 Å². The van der Waals surface area contributed by atoms with Crippen LogP contribution in [0.1, 0.15) is 34.1 Å². The fourth-order valence-electron chi connectivity index (χ4n) is 3.17. The van der Waals surface area contributed by atoms with Crippen molar-refractivity contribution in [3.8, 4) is 5.75 Å². The Morgan fingerprint density at radius 3 is 2.27 bits per heavy atom. The molecule has 0 bridgehead atoms. The zero-order chi connectivity index (χ0) is 21.7. The van der Waals surface area contributed by atoms with Crippen molar-refractivity contribution < 1.29 is 23.5 Å². The van der Waals surface area contributed by atoms with Crippen LogP contribution < -0.4 is 4.74 Å². The van der Waals surface area contributed by atoms with E-state index in [0.717, 1.165) is 6.07 Å². The second-order valence-corrected chi connectivity index (χ2v) is 7.32. The van der Waals surface area contributed by atoms with E-state index in [4.69, 9.17) is 16.3 Å². The predicted octanol–water partition coefficient (Wildman–Crippen LogP) is 3.44. The molecule has 2 amide bonds. The van der Waals surface area contributed by atoms with Gasteiger partial charge in [0.25, 0.3) is 11.8 Å². The number of carbonyl (C=O) groups excluding carboxylic acids is 3. The van der Waals surface area contributed by atoms with Crippen LogP contribution in [0.25, 0.3) is 0 Å². The van der Waals surface area contributed by atoms with Gasteiger partial charge in [-0.25, -0.2) is 4.39 Å². The second-order valence-electron chi connectivity index (χ2n) is 6.89. The number of ketones is 1. The minimum atomic E-state index is -0.622. The van der Waals surface area contributed by atoms with Crippen LogP contribution in [0.4, 0.5) is 4.39 Å². The largest absolute Gasteiger partial charge is 0.484 e. The van der Waals surface area contributed by atoms with Crippen LogP contribution in [0.5, 0.6) is 5.75 Å². The van der Waals surface area contributed by atoms with E-state index in [1.807, 2.05) is 0 Å². The van der Waals surface area contributed by atoms with E-state index < -0.39 is 11.7 Å². The summed E-state index contributed by atoms with van der Waals surface area (Å²) in [5.74, 6) is -0.725. The minimum Gasteiger partial charge on any atom is -0.484 e. The number of benzene rings is 2. The third-order valence-electron chi connectivity index (χ3n) is 4.94. The molecule has 3 rings (SSSR count). The summed E-state index contributed by atoms with van der Waals surface area (Å²) in [5, 5.41) is 0.290. The molecular formula is C22H22ClFN2O4. The number of nitrogens with zero attached hydrogens (tertiary/aromatic N) is 2. The first-order valence-electron chi connectivity index (χ1n) is 9.67. The van der Waals surface area contributed by atoms with Crippen LogP contribution in [-0.4, -0.2) is 60.2 Å². The maximum Gasteiger partial charge on any atom is 0.260 e. The summed E-state index contributed by atoms with van der Waals surface area (Å²) < 4.78 is 19.4. The molecule has 0 atom stereocenters. The molecule has 2 aromatic rings. The first-order valence-corrected chi connectivity index (χ1v) is 10.0. The molecule has 0 unspecified atom stereocenters. The van der Waals surface area contributed by atoms with Crippen molar-refractivity contribution in [3.63, 3.8) is 0 Å². The molecule has 1 heterocycles. The maximum atomic E-state index is 13.9. The molecule has 1 fully saturated rings. The Morgan fingerprint density at radius 1 is 1.00 bits per heavy atom. The highest BCUT2D eigenvalue weighted by Crippen LogP contribution is 2.18. The highest BCUT2D eigenvalue weighted by Gasteiger charge is 2.26. The average molecular weight is 433 g/mol. The normalized spacial score (nSPS) is 13.8. The van der Waals surface area contributed by atoms with E-state index in [-0.39, 0.29) is 28.9 Å². The van der Waals surface area contributed by atoms with Crippen molar-refractivity contribution in [1.82, 2.24) is 9.80 Å². The Balaban J connectivity index is 1.50. The van der Waals surface area contributed by atoms with Crippen LogP contribution in [0.15, 0.2) is 42.5 Å². The van der Waals surface area contributed by atoms with E-state index in [1.54, 1.807) is 36.1 Å². The number of amides is 2. The van der Waals surface area contributed by atoms with Crippen LogP contribution in [0.3, 0.4) is 0 Å². The van der Waals surface area contributed by atoms with Gasteiger partial charge in [-0.05, 0) is 42.5 Å². The second kappa shape index (κ2) is 9.71. The molecule has 0 saturated carbocycles. The molecule has 30 heavy (non-hydrogen) atoms. The summed E-state index contributed by atoms with van der Waals surface area (Å²) in [6, 6.07) is 10.5. The van der Waals surface area contributed by atoms with E-state index in [2.05, 4.69) is 0 Å². The summed E-state index contributed by atoms with van der Waals surface area (Å²) >= 11 is 5.86. The van der Waals surface area contributed by atoms with Gasteiger partial charge in [0.2, 0.25) is 0 Å². The fourth-order valence-corrected chi connectivity index (χ4v) is 3.34. The van der Waals surface area contributed by atoms with Crippen LogP contribution in [-0.2, 0) is 4.79 Å². The van der Waals surface area contributed by atoms with E-state index >= 15 is 0 Å². The third-order valence-corrected chi connectivity index (χ3v) is 5.17. The molecule has 2 aromatic carbocycles. The molecular weight excluding hydrogens is 411 g/mol. The number of hydrogen-bond donors (Lipinski definition) is 0. The molecule has 1 saturated heterocycles. The van der Waals surface area contributed by atoms with Gasteiger partial charge in [0.05, 0.1) is 5.56 Å². The quantitative estimate of drug-likeness (QED) is 0.656. The Morgan fingerprint density at radius 2 is 1.63 bits per heavy atom. The molecule has 8 heteroatoms. The van der Waals surface area contributed by atoms with Gasteiger partial charge < -0.3 is 14.5 Å². The predicted molar refractivity (Wildman–Crippen MR) is 110 cm³/mol. The van der Waals surface area contributed by atoms with Crippen LogP contribution >= 0.6 is 11.6 Å². The molecule has 0 aliphatic carbocycles. The highest BCUT2D eigenvalue weighted by atomic mass is 35.5. The molecule has 1 aliphatic heterocycles. The summed E-state index contributed by atoms with van der Waals surface area (Å²) in [7, 11) is 0. The summed E-state index contributed by atoms with van der Waals surface area (Å²) in [4.78, 5) is 39.7. The van der Waals surface area contributed by atoms with E-state index in [9.17, 15) is 18.8 Å². The smallest absolute Gasteiger partial charge is 0.260 e. The van der Waals surface area contributed by atoms with Gasteiger partial charge in [0.15, 0.2) is 12.4 Å². The summed E-state index contributed by atoms with van der Waals surface area (Å²) in [5.41, 5.74) is 0.531. The zero-order valence-corrected chi connectivity index (χ0v) is 17.3. The number of Topliss-reactive ketones (excluding diaryl/α,β-unsaturated/α-hetero) is 1. The molecule has 0 aromatic heterocycles. The number of rotatable bonds is 6. The maximum absolute atomic E-state index is 13.9. The monoisotopic (exact) mass is 432 g/mol. The molecule has 0 N–H and O–H groups in total. The molecule has 0 spiro atoms. The molecule has 1 aliphatic rings. The molecule has 158 valence electrons. The third kappa shape index (κ3) is 5.16.